The normalized spacial score (nSPS) is 14.9. The highest BCUT2D eigenvalue weighted by atomic mass is 16.5. The Morgan fingerprint density at radius 3 is 2.79 bits per heavy atom. The molecule has 1 aliphatic rings. The van der Waals surface area contributed by atoms with Crippen molar-refractivity contribution in [2.45, 2.75) is 19.9 Å². The van der Waals surface area contributed by atoms with Crippen molar-refractivity contribution in [2.75, 3.05) is 26.2 Å². The Labute approximate surface area is 192 Å². The second kappa shape index (κ2) is 9.38. The fourth-order valence-corrected chi connectivity index (χ4v) is 4.11. The maximum Gasteiger partial charge on any atom is 0.219 e. The van der Waals surface area contributed by atoms with Crippen molar-refractivity contribution >= 4 is 16.8 Å². The first-order valence-electron chi connectivity index (χ1n) is 11.2. The molecule has 1 aliphatic heterocycles. The quantitative estimate of drug-likeness (QED) is 0.505. The molecule has 1 amide bonds. The number of pyridine rings is 2. The number of H-pyrrole nitrogens is 1. The Morgan fingerprint density at radius 2 is 2.00 bits per heavy atom. The van der Waals surface area contributed by atoms with E-state index in [0.29, 0.717) is 5.88 Å². The maximum absolute atomic E-state index is 11.6. The summed E-state index contributed by atoms with van der Waals surface area (Å²) >= 11 is 0. The zero-order valence-electron chi connectivity index (χ0n) is 18.6. The van der Waals surface area contributed by atoms with Crippen LogP contribution >= 0.6 is 0 Å². The van der Waals surface area contributed by atoms with E-state index in [1.165, 1.54) is 0 Å². The van der Waals surface area contributed by atoms with Gasteiger partial charge in [-0.05, 0) is 42.8 Å². The lowest BCUT2D eigenvalue weighted by molar-refractivity contribution is -0.128. The van der Waals surface area contributed by atoms with E-state index in [-0.39, 0.29) is 5.91 Å². The van der Waals surface area contributed by atoms with Crippen molar-refractivity contribution in [1.29, 1.82) is 0 Å². The van der Waals surface area contributed by atoms with Gasteiger partial charge in [0.2, 0.25) is 11.8 Å². The minimum atomic E-state index is 0.155. The molecular weight excluding hydrogens is 416 g/mol. The van der Waals surface area contributed by atoms with Gasteiger partial charge >= 0.3 is 0 Å². The summed E-state index contributed by atoms with van der Waals surface area (Å²) in [6.07, 6.45) is 4.46. The zero-order valence-corrected chi connectivity index (χ0v) is 18.6. The Bertz CT molecular complexity index is 1240. The van der Waals surface area contributed by atoms with Crippen LogP contribution in [0.15, 0.2) is 60.9 Å². The first kappa shape index (κ1) is 21.1. The maximum atomic E-state index is 11.6. The average molecular weight is 443 g/mol. The van der Waals surface area contributed by atoms with E-state index in [1.54, 1.807) is 19.3 Å². The summed E-state index contributed by atoms with van der Waals surface area (Å²) < 4.78 is 5.95. The van der Waals surface area contributed by atoms with Crippen LogP contribution in [0.5, 0.6) is 11.6 Å². The van der Waals surface area contributed by atoms with Gasteiger partial charge in [0.05, 0.1) is 16.9 Å². The van der Waals surface area contributed by atoms with E-state index in [1.807, 2.05) is 41.3 Å². The number of benzene rings is 1. The molecule has 0 saturated carbocycles. The van der Waals surface area contributed by atoms with Crippen LogP contribution in [-0.2, 0) is 11.3 Å². The molecule has 4 aromatic rings. The molecule has 0 unspecified atom stereocenters. The molecule has 0 aliphatic carbocycles. The molecule has 0 atom stereocenters. The van der Waals surface area contributed by atoms with E-state index in [0.717, 1.165) is 72.7 Å². The summed E-state index contributed by atoms with van der Waals surface area (Å²) in [7, 11) is 0. The van der Waals surface area contributed by atoms with Crippen LogP contribution in [0, 0.1) is 0 Å². The molecule has 5 rings (SSSR count). The second-order valence-electron chi connectivity index (χ2n) is 8.25. The van der Waals surface area contributed by atoms with E-state index >= 15 is 0 Å². The Hall–Kier alpha value is -3.78. The monoisotopic (exact) mass is 442 g/mol. The van der Waals surface area contributed by atoms with E-state index in [4.69, 9.17) is 9.72 Å². The van der Waals surface area contributed by atoms with Crippen LogP contribution in [-0.4, -0.2) is 62.1 Å². The molecule has 0 bridgehead atoms. The molecule has 33 heavy (non-hydrogen) atoms. The lowest BCUT2D eigenvalue weighted by Crippen LogP contribution is -2.33. The number of hydrogen-bond acceptors (Lipinski definition) is 6. The fraction of sp³-hybridized carbons (Fsp3) is 0.280. The Balaban J connectivity index is 1.25. The summed E-state index contributed by atoms with van der Waals surface area (Å²) in [6, 6.07) is 15.7. The largest absolute Gasteiger partial charge is 0.439 e. The van der Waals surface area contributed by atoms with Crippen molar-refractivity contribution < 1.29 is 9.53 Å². The third-order valence-corrected chi connectivity index (χ3v) is 5.91. The Kier molecular flexibility index (Phi) is 5.99. The van der Waals surface area contributed by atoms with Crippen LogP contribution < -0.4 is 4.74 Å². The number of hydrogen-bond donors (Lipinski definition) is 1. The summed E-state index contributed by atoms with van der Waals surface area (Å²) in [5.74, 6) is 1.40. The van der Waals surface area contributed by atoms with Crippen molar-refractivity contribution in [3.63, 3.8) is 0 Å². The van der Waals surface area contributed by atoms with Crippen molar-refractivity contribution in [2.24, 2.45) is 0 Å². The predicted molar refractivity (Wildman–Crippen MR) is 126 cm³/mol. The number of carbonyl (C=O) groups excluding carboxylic acids is 1. The standard InChI is InChI=1S/C25H26N6O2/c1-18(32)31-12-2-11-30(13-14-31)17-21-5-3-19-15-22(6-7-23(19)28-21)33-25-8-4-20(16-26-25)24-9-10-27-29-24/h3-10,15-16H,2,11-14,17H2,1H3,(H,27,29). The zero-order chi connectivity index (χ0) is 22.6. The second-order valence-corrected chi connectivity index (χ2v) is 8.25. The lowest BCUT2D eigenvalue weighted by Gasteiger charge is -2.20. The molecule has 0 radical (unpaired) electrons. The number of nitrogens with zero attached hydrogens (tertiary/aromatic N) is 5. The first-order valence-corrected chi connectivity index (χ1v) is 11.2. The summed E-state index contributed by atoms with van der Waals surface area (Å²) in [5, 5.41) is 7.91. The van der Waals surface area contributed by atoms with Crippen molar-refractivity contribution in [3.8, 4) is 22.9 Å². The topological polar surface area (TPSA) is 87.2 Å². The van der Waals surface area contributed by atoms with Crippen LogP contribution in [0.25, 0.3) is 22.2 Å². The molecule has 4 heterocycles. The first-order chi connectivity index (χ1) is 16.1. The third-order valence-electron chi connectivity index (χ3n) is 5.91. The molecule has 1 fully saturated rings. The number of carbonyl (C=O) groups is 1. The van der Waals surface area contributed by atoms with Crippen LogP contribution in [0.4, 0.5) is 0 Å². The van der Waals surface area contributed by atoms with Gasteiger partial charge < -0.3 is 9.64 Å². The molecule has 1 saturated heterocycles. The van der Waals surface area contributed by atoms with Gasteiger partial charge in [0.1, 0.15) is 5.75 Å². The summed E-state index contributed by atoms with van der Waals surface area (Å²) in [4.78, 5) is 25.2. The SMILES string of the molecule is CC(=O)N1CCCN(Cc2ccc3cc(Oc4ccc(-c5ccn[nH]5)cn4)ccc3n2)CC1. The number of nitrogens with one attached hydrogen (secondary N) is 1. The van der Waals surface area contributed by atoms with E-state index in [9.17, 15) is 4.79 Å². The van der Waals surface area contributed by atoms with Gasteiger partial charge in [-0.15, -0.1) is 0 Å². The minimum absolute atomic E-state index is 0.155. The van der Waals surface area contributed by atoms with E-state index < -0.39 is 0 Å². The third kappa shape index (κ3) is 5.01. The molecule has 1 N–H and O–H groups in total. The minimum Gasteiger partial charge on any atom is -0.439 e. The molecule has 3 aromatic heterocycles. The molecule has 168 valence electrons. The van der Waals surface area contributed by atoms with E-state index in [2.05, 4.69) is 32.2 Å². The average Bonchev–Trinajstić information content (AvgIpc) is 3.26. The number of amides is 1. The van der Waals surface area contributed by atoms with Crippen LogP contribution in [0.1, 0.15) is 19.0 Å². The van der Waals surface area contributed by atoms with Crippen molar-refractivity contribution in [1.82, 2.24) is 30.0 Å². The number of rotatable bonds is 5. The van der Waals surface area contributed by atoms with Gasteiger partial charge in [-0.25, -0.2) is 4.98 Å². The molecular formula is C25H26N6O2. The molecule has 0 spiro atoms. The number of ether oxygens (including phenoxy) is 1. The molecule has 8 nitrogen and oxygen atoms in total. The van der Waals surface area contributed by atoms with Gasteiger partial charge in [0.25, 0.3) is 0 Å². The number of aromatic amines is 1. The highest BCUT2D eigenvalue weighted by molar-refractivity contribution is 5.80. The van der Waals surface area contributed by atoms with Crippen molar-refractivity contribution in [3.05, 3.63) is 66.6 Å². The lowest BCUT2D eigenvalue weighted by atomic mass is 10.2. The predicted octanol–water partition coefficient (Wildman–Crippen LogP) is 3.87. The summed E-state index contributed by atoms with van der Waals surface area (Å²) in [5.41, 5.74) is 3.83. The fourth-order valence-electron chi connectivity index (χ4n) is 4.11. The van der Waals surface area contributed by atoms with Gasteiger partial charge in [-0.1, -0.05) is 6.07 Å². The van der Waals surface area contributed by atoms with Gasteiger partial charge in [0.15, 0.2) is 0 Å². The van der Waals surface area contributed by atoms with Gasteiger partial charge in [-0.2, -0.15) is 5.10 Å². The smallest absolute Gasteiger partial charge is 0.219 e. The highest BCUT2D eigenvalue weighted by Crippen LogP contribution is 2.26. The Morgan fingerprint density at radius 1 is 1.06 bits per heavy atom. The summed E-state index contributed by atoms with van der Waals surface area (Å²) in [6.45, 7) is 5.89. The van der Waals surface area contributed by atoms with Crippen LogP contribution in [0.3, 0.4) is 0 Å². The molecule has 1 aromatic carbocycles. The number of fused-ring (bicyclic) bond motifs is 1. The van der Waals surface area contributed by atoms with Crippen LogP contribution in [0.2, 0.25) is 0 Å². The molecule has 8 heteroatoms. The van der Waals surface area contributed by atoms with Gasteiger partial charge in [0, 0.05) is 69.1 Å². The number of aromatic nitrogens is 4. The van der Waals surface area contributed by atoms with Gasteiger partial charge in [-0.3, -0.25) is 19.8 Å². The highest BCUT2D eigenvalue weighted by Gasteiger charge is 2.17.